The molecular formula is C17H26N4. The van der Waals surface area contributed by atoms with Crippen molar-refractivity contribution in [2.45, 2.75) is 59.9 Å². The summed E-state index contributed by atoms with van der Waals surface area (Å²) in [6.45, 7) is 11.5. The number of nitrogens with zero attached hydrogens (tertiary/aromatic N) is 3. The molecule has 114 valence electrons. The van der Waals surface area contributed by atoms with Crippen molar-refractivity contribution in [3.05, 3.63) is 23.9 Å². The van der Waals surface area contributed by atoms with Gasteiger partial charge in [-0.3, -0.25) is 0 Å². The quantitative estimate of drug-likeness (QED) is 0.905. The summed E-state index contributed by atoms with van der Waals surface area (Å²) >= 11 is 0. The summed E-state index contributed by atoms with van der Waals surface area (Å²) < 4.78 is 1.86. The van der Waals surface area contributed by atoms with E-state index in [1.54, 1.807) is 0 Å². The van der Waals surface area contributed by atoms with Crippen LogP contribution in [-0.2, 0) is 0 Å². The van der Waals surface area contributed by atoms with Crippen molar-refractivity contribution >= 4 is 11.6 Å². The number of anilines is 1. The number of rotatable bonds is 2. The zero-order chi connectivity index (χ0) is 15.3. The second-order valence-electron chi connectivity index (χ2n) is 8.15. The Morgan fingerprint density at radius 1 is 1.19 bits per heavy atom. The fraction of sp³-hybridized carbons (Fsp3) is 0.647. The van der Waals surface area contributed by atoms with Crippen LogP contribution in [0.1, 0.15) is 52.5 Å². The molecule has 1 aliphatic carbocycles. The SMILES string of the molecule is Cc1cccn2nc(NC3CC(C)(C)CC(C)(C)C3)nc12. The molecule has 21 heavy (non-hydrogen) atoms. The Labute approximate surface area is 127 Å². The topological polar surface area (TPSA) is 42.2 Å². The van der Waals surface area contributed by atoms with Gasteiger partial charge in [-0.15, -0.1) is 5.10 Å². The number of nitrogens with one attached hydrogen (secondary N) is 1. The maximum atomic E-state index is 4.64. The summed E-state index contributed by atoms with van der Waals surface area (Å²) in [5.41, 5.74) is 2.83. The van der Waals surface area contributed by atoms with Crippen LogP contribution in [0.2, 0.25) is 0 Å². The summed E-state index contributed by atoms with van der Waals surface area (Å²) in [5.74, 6) is 0.753. The molecule has 0 amide bonds. The van der Waals surface area contributed by atoms with Crippen molar-refractivity contribution in [1.82, 2.24) is 14.6 Å². The maximum Gasteiger partial charge on any atom is 0.243 e. The van der Waals surface area contributed by atoms with Crippen LogP contribution in [0.4, 0.5) is 5.95 Å². The van der Waals surface area contributed by atoms with Crippen LogP contribution < -0.4 is 5.32 Å². The van der Waals surface area contributed by atoms with E-state index >= 15 is 0 Å². The molecule has 2 aromatic heterocycles. The van der Waals surface area contributed by atoms with Gasteiger partial charge in [0, 0.05) is 12.2 Å². The molecule has 1 aliphatic rings. The first-order chi connectivity index (χ1) is 9.74. The van der Waals surface area contributed by atoms with E-state index in [0.29, 0.717) is 16.9 Å². The molecule has 0 aliphatic heterocycles. The van der Waals surface area contributed by atoms with Crippen molar-refractivity contribution in [2.24, 2.45) is 10.8 Å². The van der Waals surface area contributed by atoms with Gasteiger partial charge in [-0.1, -0.05) is 33.8 Å². The lowest BCUT2D eigenvalue weighted by atomic mass is 9.63. The van der Waals surface area contributed by atoms with Gasteiger partial charge in [0.1, 0.15) is 0 Å². The molecule has 0 aromatic carbocycles. The first kappa shape index (κ1) is 14.4. The average molecular weight is 286 g/mol. The molecule has 0 radical (unpaired) electrons. The highest BCUT2D eigenvalue weighted by Crippen LogP contribution is 2.46. The normalized spacial score (nSPS) is 21.6. The van der Waals surface area contributed by atoms with Crippen LogP contribution >= 0.6 is 0 Å². The highest BCUT2D eigenvalue weighted by atomic mass is 15.3. The Balaban J connectivity index is 1.83. The molecule has 3 rings (SSSR count). The molecule has 1 saturated carbocycles. The minimum atomic E-state index is 0.370. The Hall–Kier alpha value is -1.58. The monoisotopic (exact) mass is 286 g/mol. The molecule has 1 N–H and O–H groups in total. The summed E-state index contributed by atoms with van der Waals surface area (Å²) in [7, 11) is 0. The van der Waals surface area contributed by atoms with Crippen LogP contribution in [0, 0.1) is 17.8 Å². The Morgan fingerprint density at radius 3 is 2.48 bits per heavy atom. The first-order valence-corrected chi connectivity index (χ1v) is 7.83. The van der Waals surface area contributed by atoms with Gasteiger partial charge < -0.3 is 5.32 Å². The second kappa shape index (κ2) is 4.72. The predicted octanol–water partition coefficient (Wildman–Crippen LogP) is 4.05. The summed E-state index contributed by atoms with van der Waals surface area (Å²) in [4.78, 5) is 4.64. The number of hydrogen-bond acceptors (Lipinski definition) is 3. The van der Waals surface area contributed by atoms with Crippen LogP contribution in [0.25, 0.3) is 5.65 Å². The van der Waals surface area contributed by atoms with Crippen LogP contribution in [0.3, 0.4) is 0 Å². The number of pyridine rings is 1. The van der Waals surface area contributed by atoms with Crippen molar-refractivity contribution in [3.63, 3.8) is 0 Å². The van der Waals surface area contributed by atoms with Crippen molar-refractivity contribution in [3.8, 4) is 0 Å². The number of hydrogen-bond donors (Lipinski definition) is 1. The Morgan fingerprint density at radius 2 is 1.86 bits per heavy atom. The lowest BCUT2D eigenvalue weighted by Crippen LogP contribution is -2.40. The summed E-state index contributed by atoms with van der Waals surface area (Å²) in [6, 6.07) is 4.52. The molecule has 0 atom stereocenters. The van der Waals surface area contributed by atoms with Gasteiger partial charge in [0.25, 0.3) is 0 Å². The third kappa shape index (κ3) is 3.04. The minimum absolute atomic E-state index is 0.370. The Kier molecular flexibility index (Phi) is 3.23. The van der Waals surface area contributed by atoms with Gasteiger partial charge in [0.05, 0.1) is 0 Å². The van der Waals surface area contributed by atoms with Gasteiger partial charge in [0.2, 0.25) is 5.95 Å². The zero-order valence-corrected chi connectivity index (χ0v) is 13.8. The summed E-state index contributed by atoms with van der Waals surface area (Å²) in [6.07, 6.45) is 5.57. The lowest BCUT2D eigenvalue weighted by Gasteiger charge is -2.45. The van der Waals surface area contributed by atoms with Gasteiger partial charge in [0.15, 0.2) is 5.65 Å². The Bertz CT molecular complexity index is 638. The fourth-order valence-corrected chi connectivity index (χ4v) is 4.23. The largest absolute Gasteiger partial charge is 0.350 e. The van der Waals surface area contributed by atoms with E-state index < -0.39 is 0 Å². The molecule has 4 nitrogen and oxygen atoms in total. The van der Waals surface area contributed by atoms with E-state index in [0.717, 1.165) is 17.2 Å². The van der Waals surface area contributed by atoms with Gasteiger partial charge in [-0.2, -0.15) is 4.98 Å². The fourth-order valence-electron chi connectivity index (χ4n) is 4.23. The first-order valence-electron chi connectivity index (χ1n) is 7.83. The van der Waals surface area contributed by atoms with Crippen LogP contribution in [0.15, 0.2) is 18.3 Å². The zero-order valence-electron chi connectivity index (χ0n) is 13.8. The van der Waals surface area contributed by atoms with Crippen LogP contribution in [-0.4, -0.2) is 20.6 Å². The molecule has 2 aromatic rings. The van der Waals surface area contributed by atoms with Crippen molar-refractivity contribution < 1.29 is 0 Å². The highest BCUT2D eigenvalue weighted by molar-refractivity contribution is 5.50. The molecule has 0 unspecified atom stereocenters. The number of aryl methyl sites for hydroxylation is 1. The van der Waals surface area contributed by atoms with E-state index in [2.05, 4.69) is 56.1 Å². The van der Waals surface area contributed by atoms with Crippen LogP contribution in [0.5, 0.6) is 0 Å². The molecule has 0 spiro atoms. The smallest absolute Gasteiger partial charge is 0.243 e. The highest BCUT2D eigenvalue weighted by Gasteiger charge is 2.38. The van der Waals surface area contributed by atoms with Crippen molar-refractivity contribution in [1.29, 1.82) is 0 Å². The molecule has 0 saturated heterocycles. The molecule has 0 bridgehead atoms. The summed E-state index contributed by atoms with van der Waals surface area (Å²) in [5, 5.41) is 8.12. The average Bonchev–Trinajstić information content (AvgIpc) is 2.68. The van der Waals surface area contributed by atoms with Crippen molar-refractivity contribution in [2.75, 3.05) is 5.32 Å². The van der Waals surface area contributed by atoms with Gasteiger partial charge >= 0.3 is 0 Å². The van der Waals surface area contributed by atoms with E-state index in [4.69, 9.17) is 0 Å². The third-order valence-corrected chi connectivity index (χ3v) is 4.45. The predicted molar refractivity (Wildman–Crippen MR) is 86.5 cm³/mol. The lowest BCUT2D eigenvalue weighted by molar-refractivity contribution is 0.105. The third-order valence-electron chi connectivity index (χ3n) is 4.45. The van der Waals surface area contributed by atoms with E-state index in [1.165, 1.54) is 19.3 Å². The van der Waals surface area contributed by atoms with Gasteiger partial charge in [-0.05, 0) is 48.6 Å². The standard InChI is InChI=1S/C17H26N4/c1-12-7-6-8-21-14(12)19-15(20-21)18-13-9-16(2,3)11-17(4,5)10-13/h6-8,13H,9-11H2,1-5H3,(H,18,20). The molecule has 1 fully saturated rings. The molecule has 4 heteroatoms. The molecular weight excluding hydrogens is 260 g/mol. The van der Waals surface area contributed by atoms with E-state index in [1.807, 2.05) is 16.8 Å². The van der Waals surface area contributed by atoms with Gasteiger partial charge in [-0.25, -0.2) is 4.52 Å². The molecule has 2 heterocycles. The van der Waals surface area contributed by atoms with E-state index in [9.17, 15) is 0 Å². The number of aromatic nitrogens is 3. The minimum Gasteiger partial charge on any atom is -0.350 e. The maximum absolute atomic E-state index is 4.64. The van der Waals surface area contributed by atoms with E-state index in [-0.39, 0.29) is 0 Å². The number of fused-ring (bicyclic) bond motifs is 1. The second-order valence-corrected chi connectivity index (χ2v) is 8.15.